The molecule has 0 aliphatic rings. The van der Waals surface area contributed by atoms with Gasteiger partial charge >= 0.3 is 0 Å². The number of rotatable bonds is 3. The molecule has 0 saturated carbocycles. The molecule has 14 heavy (non-hydrogen) atoms. The molecule has 2 N–H and O–H groups in total. The number of hydrogen-bond donors (Lipinski definition) is 2. The van der Waals surface area contributed by atoms with Crippen LogP contribution in [0, 0.1) is 30.0 Å². The van der Waals surface area contributed by atoms with E-state index in [4.69, 9.17) is 10.2 Å². The predicted molar refractivity (Wildman–Crippen MR) is 58.4 cm³/mol. The molecule has 0 amide bonds. The van der Waals surface area contributed by atoms with Gasteiger partial charge in [0.15, 0.2) is 0 Å². The third-order valence-electron chi connectivity index (χ3n) is 1.38. The lowest BCUT2D eigenvalue weighted by atomic mass is 10.1. The van der Waals surface area contributed by atoms with Gasteiger partial charge in [0, 0.05) is 12.8 Å². The molecule has 0 aromatic carbocycles. The van der Waals surface area contributed by atoms with Gasteiger partial charge in [-0.15, -0.1) is 0 Å². The van der Waals surface area contributed by atoms with E-state index in [1.807, 2.05) is 19.1 Å². The molecule has 0 aliphatic heterocycles. The Kier molecular flexibility index (Phi) is 15.5. The van der Waals surface area contributed by atoms with E-state index in [1.165, 1.54) is 0 Å². The molecule has 0 saturated heterocycles. The molecule has 0 rings (SSSR count). The van der Waals surface area contributed by atoms with Gasteiger partial charge in [0.1, 0.15) is 12.2 Å². The smallest absolute Gasteiger partial charge is 0.107 e. The topological polar surface area (TPSA) is 40.5 Å². The van der Waals surface area contributed by atoms with Crippen LogP contribution in [0.15, 0.2) is 0 Å². The summed E-state index contributed by atoms with van der Waals surface area (Å²) < 4.78 is 0. The molecule has 0 aromatic rings. The zero-order chi connectivity index (χ0) is 11.2. The van der Waals surface area contributed by atoms with Crippen LogP contribution in [0.5, 0.6) is 0 Å². The van der Waals surface area contributed by atoms with Gasteiger partial charge in [-0.3, -0.25) is 0 Å². The summed E-state index contributed by atoms with van der Waals surface area (Å²) in [5.41, 5.74) is 0. The first-order chi connectivity index (χ1) is 6.68. The molecule has 0 atom stereocenters. The summed E-state index contributed by atoms with van der Waals surface area (Å²) in [7, 11) is 0. The normalized spacial score (nSPS) is 7.43. The minimum absolute atomic E-state index is 0.691. The quantitative estimate of drug-likeness (QED) is 0.681. The Morgan fingerprint density at radius 1 is 1.00 bits per heavy atom. The largest absolute Gasteiger partial charge is 0.462 e. The van der Waals surface area contributed by atoms with Crippen molar-refractivity contribution in [1.29, 1.82) is 0 Å². The van der Waals surface area contributed by atoms with E-state index in [0.29, 0.717) is 5.92 Å². The maximum Gasteiger partial charge on any atom is 0.107 e. The first-order valence-corrected chi connectivity index (χ1v) is 4.92. The van der Waals surface area contributed by atoms with Crippen LogP contribution < -0.4 is 0 Å². The third kappa shape index (κ3) is 22.4. The Bertz CT molecular complexity index is 210. The van der Waals surface area contributed by atoms with Gasteiger partial charge in [-0.2, -0.15) is 0 Å². The van der Waals surface area contributed by atoms with Crippen molar-refractivity contribution in [1.82, 2.24) is 0 Å². The SMILES string of the molecule is CC(C)CCC#CO.CCCC#CO. The molecule has 0 aliphatic carbocycles. The monoisotopic (exact) mass is 196 g/mol. The lowest BCUT2D eigenvalue weighted by molar-refractivity contribution is 0.514. The Morgan fingerprint density at radius 2 is 1.50 bits per heavy atom. The van der Waals surface area contributed by atoms with Crippen molar-refractivity contribution < 1.29 is 10.2 Å². The van der Waals surface area contributed by atoms with Gasteiger partial charge in [0.2, 0.25) is 0 Å². The van der Waals surface area contributed by atoms with E-state index in [1.54, 1.807) is 0 Å². The van der Waals surface area contributed by atoms with E-state index >= 15 is 0 Å². The minimum atomic E-state index is 0.691. The predicted octanol–water partition coefficient (Wildman–Crippen LogP) is 2.88. The molecule has 0 radical (unpaired) electrons. The van der Waals surface area contributed by atoms with Crippen molar-refractivity contribution >= 4 is 0 Å². The van der Waals surface area contributed by atoms with Crippen molar-refractivity contribution in [3.05, 3.63) is 0 Å². The van der Waals surface area contributed by atoms with Gasteiger partial charge in [-0.25, -0.2) is 0 Å². The Morgan fingerprint density at radius 3 is 1.79 bits per heavy atom. The molecule has 0 unspecified atom stereocenters. The summed E-state index contributed by atoms with van der Waals surface area (Å²) in [6, 6.07) is 0. The highest BCUT2D eigenvalue weighted by Crippen LogP contribution is 2.00. The lowest BCUT2D eigenvalue weighted by Crippen LogP contribution is -1.83. The van der Waals surface area contributed by atoms with Gasteiger partial charge in [-0.05, 0) is 18.8 Å². The fraction of sp³-hybridized carbons (Fsp3) is 0.667. The van der Waals surface area contributed by atoms with Crippen LogP contribution in [0.4, 0.5) is 0 Å². The molecule has 2 heteroatoms. The van der Waals surface area contributed by atoms with Gasteiger partial charge in [0.05, 0.1) is 0 Å². The Hall–Kier alpha value is -1.28. The van der Waals surface area contributed by atoms with Crippen LogP contribution in [0.2, 0.25) is 0 Å². The first-order valence-electron chi connectivity index (χ1n) is 4.92. The lowest BCUT2D eigenvalue weighted by Gasteiger charge is -1.95. The second kappa shape index (κ2) is 14.3. The first kappa shape index (κ1) is 15.2. The number of aliphatic hydroxyl groups is 2. The number of unbranched alkanes of at least 4 members (excludes halogenated alkanes) is 1. The van der Waals surface area contributed by atoms with Crippen LogP contribution in [0.1, 0.15) is 46.5 Å². The summed E-state index contributed by atoms with van der Waals surface area (Å²) in [6.07, 6.45) is 7.41. The molecule has 0 aromatic heterocycles. The summed E-state index contributed by atoms with van der Waals surface area (Å²) in [6.45, 7) is 6.29. The molecule has 0 heterocycles. The second-order valence-corrected chi connectivity index (χ2v) is 3.26. The van der Waals surface area contributed by atoms with Crippen molar-refractivity contribution in [2.24, 2.45) is 5.92 Å². The third-order valence-corrected chi connectivity index (χ3v) is 1.38. The van der Waals surface area contributed by atoms with E-state index in [-0.39, 0.29) is 0 Å². The molecule has 0 bridgehead atoms. The zero-order valence-electron chi connectivity index (χ0n) is 9.30. The molecule has 2 nitrogen and oxygen atoms in total. The average Bonchev–Trinajstić information content (AvgIpc) is 2.16. The summed E-state index contributed by atoms with van der Waals surface area (Å²) in [5.74, 6) is 5.78. The Balaban J connectivity index is 0. The maximum atomic E-state index is 8.02. The van der Waals surface area contributed by atoms with E-state index < -0.39 is 0 Å². The molecular formula is C12H20O2. The number of aliphatic hydroxyl groups excluding tert-OH is 2. The zero-order valence-corrected chi connectivity index (χ0v) is 9.30. The highest BCUT2D eigenvalue weighted by molar-refractivity contribution is 4.89. The molecule has 80 valence electrons. The van der Waals surface area contributed by atoms with E-state index in [2.05, 4.69) is 25.7 Å². The van der Waals surface area contributed by atoms with Crippen LogP contribution in [0.25, 0.3) is 0 Å². The molecule has 0 spiro atoms. The van der Waals surface area contributed by atoms with Crippen LogP contribution >= 0.6 is 0 Å². The van der Waals surface area contributed by atoms with Crippen LogP contribution in [0.3, 0.4) is 0 Å². The summed E-state index contributed by atoms with van der Waals surface area (Å²) >= 11 is 0. The highest BCUT2D eigenvalue weighted by Gasteiger charge is 1.88. The summed E-state index contributed by atoms with van der Waals surface area (Å²) in [4.78, 5) is 0. The van der Waals surface area contributed by atoms with Crippen molar-refractivity contribution in [3.63, 3.8) is 0 Å². The van der Waals surface area contributed by atoms with Crippen LogP contribution in [-0.2, 0) is 0 Å². The fourth-order valence-electron chi connectivity index (χ4n) is 0.598. The van der Waals surface area contributed by atoms with Crippen LogP contribution in [-0.4, -0.2) is 10.2 Å². The Labute approximate surface area is 87.3 Å². The standard InChI is InChI=1S/C7H12O.C5H8O/c1-7(2)5-3-4-6-8;1-2-3-4-5-6/h7-8H,3,5H2,1-2H3;6H,2-3H2,1H3. The van der Waals surface area contributed by atoms with Gasteiger partial charge in [-0.1, -0.05) is 32.6 Å². The van der Waals surface area contributed by atoms with Gasteiger partial charge < -0.3 is 10.2 Å². The van der Waals surface area contributed by atoms with E-state index in [9.17, 15) is 0 Å². The van der Waals surface area contributed by atoms with Crippen molar-refractivity contribution in [2.45, 2.75) is 46.5 Å². The fourth-order valence-corrected chi connectivity index (χ4v) is 0.598. The van der Waals surface area contributed by atoms with Crippen molar-refractivity contribution in [3.8, 4) is 24.1 Å². The minimum Gasteiger partial charge on any atom is -0.462 e. The van der Waals surface area contributed by atoms with Gasteiger partial charge in [0.25, 0.3) is 0 Å². The summed E-state index contributed by atoms with van der Waals surface area (Å²) in [5, 5.41) is 15.9. The molecular weight excluding hydrogens is 176 g/mol. The van der Waals surface area contributed by atoms with E-state index in [0.717, 1.165) is 25.7 Å². The number of hydrogen-bond acceptors (Lipinski definition) is 2. The highest BCUT2D eigenvalue weighted by atomic mass is 16.2. The maximum absolute atomic E-state index is 8.02. The van der Waals surface area contributed by atoms with Crippen molar-refractivity contribution in [2.75, 3.05) is 0 Å². The average molecular weight is 196 g/mol. The second-order valence-electron chi connectivity index (χ2n) is 3.26. The molecule has 0 fully saturated rings.